The van der Waals surface area contributed by atoms with Crippen LogP contribution in [0, 0.1) is 0 Å². The molecule has 0 aliphatic carbocycles. The molecule has 0 radical (unpaired) electrons. The molecule has 0 atom stereocenters. The van der Waals surface area contributed by atoms with Gasteiger partial charge in [-0.05, 0) is 19.3 Å². The summed E-state index contributed by atoms with van der Waals surface area (Å²) in [5, 5.41) is 2.36. The third-order valence-electron chi connectivity index (χ3n) is 3.05. The second-order valence-corrected chi connectivity index (χ2v) is 4.66. The first-order valence-electron chi connectivity index (χ1n) is 6.75. The van der Waals surface area contributed by atoms with E-state index in [1.807, 2.05) is 13.0 Å². The molecule has 1 aliphatic heterocycles. The number of nitrogens with zero attached hydrogens (tertiary/aromatic N) is 2. The van der Waals surface area contributed by atoms with Crippen LogP contribution in [0.25, 0.3) is 0 Å². The molecule has 1 aliphatic rings. The third kappa shape index (κ3) is 5.22. The van der Waals surface area contributed by atoms with Crippen molar-refractivity contribution in [2.75, 3.05) is 19.6 Å². The van der Waals surface area contributed by atoms with Gasteiger partial charge >= 0.3 is 12.1 Å². The summed E-state index contributed by atoms with van der Waals surface area (Å²) in [6.07, 6.45) is 3.08. The van der Waals surface area contributed by atoms with E-state index in [4.69, 9.17) is 0 Å². The van der Waals surface area contributed by atoms with Crippen molar-refractivity contribution in [3.63, 3.8) is 0 Å². The molecular weight excluding hydrogens is 257 g/mol. The number of hydrogen-bond acceptors (Lipinski definition) is 2. The van der Waals surface area contributed by atoms with Gasteiger partial charge in [0.15, 0.2) is 0 Å². The average molecular weight is 278 g/mol. The van der Waals surface area contributed by atoms with E-state index in [-0.39, 0.29) is 6.54 Å². The molecule has 0 aromatic heterocycles. The molecular formula is C13H21F3N2O. The van der Waals surface area contributed by atoms with Crippen molar-refractivity contribution in [1.82, 2.24) is 10.0 Å². The molecule has 0 unspecified atom stereocenters. The predicted molar refractivity (Wildman–Crippen MR) is 67.2 cm³/mol. The van der Waals surface area contributed by atoms with Gasteiger partial charge in [0.2, 0.25) is 0 Å². The van der Waals surface area contributed by atoms with Gasteiger partial charge in [-0.1, -0.05) is 31.9 Å². The standard InChI is InChI=1S/C13H21F3N2O/c1-2-3-4-8-11-18(12(19)13(14,15)16)17-9-6-5-7-10-17/h4,8H,2-3,5-7,9-11H2,1H3. The Morgan fingerprint density at radius 1 is 1.21 bits per heavy atom. The molecule has 0 aromatic rings. The summed E-state index contributed by atoms with van der Waals surface area (Å²) in [6.45, 7) is 3.03. The van der Waals surface area contributed by atoms with Gasteiger partial charge in [0, 0.05) is 13.1 Å². The number of hydrazine groups is 1. The van der Waals surface area contributed by atoms with Crippen LogP contribution in [0.3, 0.4) is 0 Å². The van der Waals surface area contributed by atoms with Gasteiger partial charge in [-0.2, -0.15) is 13.2 Å². The molecule has 1 amide bonds. The van der Waals surface area contributed by atoms with E-state index in [9.17, 15) is 18.0 Å². The Morgan fingerprint density at radius 3 is 2.37 bits per heavy atom. The summed E-state index contributed by atoms with van der Waals surface area (Å²) in [4.78, 5) is 11.5. The fraction of sp³-hybridized carbons (Fsp3) is 0.769. The summed E-state index contributed by atoms with van der Waals surface area (Å²) in [5.41, 5.74) is 0. The van der Waals surface area contributed by atoms with Crippen molar-refractivity contribution in [1.29, 1.82) is 0 Å². The number of carbonyl (C=O) groups is 1. The fourth-order valence-electron chi connectivity index (χ4n) is 2.05. The molecule has 19 heavy (non-hydrogen) atoms. The molecule has 1 fully saturated rings. The monoisotopic (exact) mass is 278 g/mol. The number of halogens is 3. The Balaban J connectivity index is 2.69. The maximum atomic E-state index is 12.6. The van der Waals surface area contributed by atoms with Crippen molar-refractivity contribution < 1.29 is 18.0 Å². The fourth-order valence-corrected chi connectivity index (χ4v) is 2.05. The minimum atomic E-state index is -4.81. The summed E-state index contributed by atoms with van der Waals surface area (Å²) in [5.74, 6) is -1.77. The lowest BCUT2D eigenvalue weighted by Gasteiger charge is -2.37. The number of carbonyl (C=O) groups excluding carboxylic acids is 1. The minimum absolute atomic E-state index is 0.00164. The highest BCUT2D eigenvalue weighted by Crippen LogP contribution is 2.21. The van der Waals surface area contributed by atoms with E-state index in [2.05, 4.69) is 0 Å². The Kier molecular flexibility index (Phi) is 6.34. The summed E-state index contributed by atoms with van der Waals surface area (Å²) < 4.78 is 37.8. The van der Waals surface area contributed by atoms with Crippen molar-refractivity contribution >= 4 is 5.91 Å². The van der Waals surface area contributed by atoms with Crippen molar-refractivity contribution in [3.05, 3.63) is 12.2 Å². The van der Waals surface area contributed by atoms with Crippen LogP contribution in [0.1, 0.15) is 39.0 Å². The predicted octanol–water partition coefficient (Wildman–Crippen LogP) is 3.13. The van der Waals surface area contributed by atoms with E-state index < -0.39 is 12.1 Å². The first-order chi connectivity index (χ1) is 8.96. The van der Waals surface area contributed by atoms with Gasteiger partial charge in [-0.25, -0.2) is 5.01 Å². The van der Waals surface area contributed by atoms with E-state index >= 15 is 0 Å². The number of rotatable bonds is 5. The zero-order valence-corrected chi connectivity index (χ0v) is 11.2. The van der Waals surface area contributed by atoms with E-state index in [1.165, 1.54) is 5.01 Å². The zero-order chi connectivity index (χ0) is 14.3. The normalized spacial score (nSPS) is 17.9. The quantitative estimate of drug-likeness (QED) is 0.721. The van der Waals surface area contributed by atoms with Gasteiger partial charge in [0.05, 0.1) is 6.54 Å². The maximum Gasteiger partial charge on any atom is 0.472 e. The molecule has 0 spiro atoms. The Hall–Kier alpha value is -1.04. The Labute approximate surface area is 112 Å². The van der Waals surface area contributed by atoms with Crippen LogP contribution in [0.5, 0.6) is 0 Å². The van der Waals surface area contributed by atoms with Crippen LogP contribution < -0.4 is 0 Å². The van der Waals surface area contributed by atoms with Crippen LogP contribution in [-0.4, -0.2) is 41.7 Å². The molecule has 0 N–H and O–H groups in total. The van der Waals surface area contributed by atoms with Gasteiger partial charge < -0.3 is 0 Å². The number of alkyl halides is 3. The first kappa shape index (κ1) is 16.0. The molecule has 0 aromatic carbocycles. The molecule has 110 valence electrons. The maximum absolute atomic E-state index is 12.6. The number of amides is 1. The lowest BCUT2D eigenvalue weighted by atomic mass is 10.2. The van der Waals surface area contributed by atoms with E-state index in [1.54, 1.807) is 6.08 Å². The van der Waals surface area contributed by atoms with Gasteiger partial charge in [-0.15, -0.1) is 0 Å². The SMILES string of the molecule is CCCC=CCN(C(=O)C(F)(F)F)N1CCCCC1. The number of hydrogen-bond donors (Lipinski definition) is 0. The average Bonchev–Trinajstić information content (AvgIpc) is 2.38. The van der Waals surface area contributed by atoms with Gasteiger partial charge in [-0.3, -0.25) is 9.80 Å². The van der Waals surface area contributed by atoms with Gasteiger partial charge in [0.25, 0.3) is 0 Å². The molecule has 0 saturated carbocycles. The highest BCUT2D eigenvalue weighted by Gasteiger charge is 2.44. The highest BCUT2D eigenvalue weighted by molar-refractivity contribution is 5.81. The number of piperidine rings is 1. The first-order valence-corrected chi connectivity index (χ1v) is 6.75. The van der Waals surface area contributed by atoms with Crippen LogP contribution in [0.2, 0.25) is 0 Å². The molecule has 3 nitrogen and oxygen atoms in total. The second-order valence-electron chi connectivity index (χ2n) is 4.66. The van der Waals surface area contributed by atoms with Crippen molar-refractivity contribution in [2.24, 2.45) is 0 Å². The Morgan fingerprint density at radius 2 is 1.84 bits per heavy atom. The molecule has 1 saturated heterocycles. The third-order valence-corrected chi connectivity index (χ3v) is 3.05. The lowest BCUT2D eigenvalue weighted by Crippen LogP contribution is -2.53. The lowest BCUT2D eigenvalue weighted by molar-refractivity contribution is -0.202. The van der Waals surface area contributed by atoms with Crippen molar-refractivity contribution in [2.45, 2.75) is 45.2 Å². The molecule has 1 heterocycles. The summed E-state index contributed by atoms with van der Waals surface area (Å²) in [7, 11) is 0. The van der Waals surface area contributed by atoms with Gasteiger partial charge in [0.1, 0.15) is 0 Å². The number of unbranched alkanes of at least 4 members (excludes halogenated alkanes) is 1. The number of allylic oxidation sites excluding steroid dienone is 1. The van der Waals surface area contributed by atoms with Crippen LogP contribution in [-0.2, 0) is 4.79 Å². The van der Waals surface area contributed by atoms with E-state index in [0.29, 0.717) is 13.1 Å². The van der Waals surface area contributed by atoms with Crippen molar-refractivity contribution in [3.8, 4) is 0 Å². The summed E-state index contributed by atoms with van der Waals surface area (Å²) >= 11 is 0. The van der Waals surface area contributed by atoms with Crippen LogP contribution >= 0.6 is 0 Å². The molecule has 1 rings (SSSR count). The largest absolute Gasteiger partial charge is 0.472 e. The smallest absolute Gasteiger partial charge is 0.264 e. The van der Waals surface area contributed by atoms with Crippen LogP contribution in [0.15, 0.2) is 12.2 Å². The topological polar surface area (TPSA) is 23.6 Å². The van der Waals surface area contributed by atoms with Crippen LogP contribution in [0.4, 0.5) is 13.2 Å². The highest BCUT2D eigenvalue weighted by atomic mass is 19.4. The second kappa shape index (κ2) is 7.53. The molecule has 6 heteroatoms. The molecule has 0 bridgehead atoms. The van der Waals surface area contributed by atoms with E-state index in [0.717, 1.165) is 37.1 Å². The minimum Gasteiger partial charge on any atom is -0.264 e. The Bertz CT molecular complexity index is 310. The zero-order valence-electron chi connectivity index (χ0n) is 11.2. The summed E-state index contributed by atoms with van der Waals surface area (Å²) in [6, 6.07) is 0.